The van der Waals surface area contributed by atoms with Crippen molar-refractivity contribution < 1.29 is 4.74 Å². The van der Waals surface area contributed by atoms with Gasteiger partial charge in [0, 0.05) is 17.5 Å². The lowest BCUT2D eigenvalue weighted by molar-refractivity contribution is 0.325. The molecule has 1 aliphatic heterocycles. The highest BCUT2D eigenvalue weighted by Gasteiger charge is 2.35. The van der Waals surface area contributed by atoms with Crippen LogP contribution in [-0.4, -0.2) is 6.61 Å². The van der Waals surface area contributed by atoms with E-state index in [4.69, 9.17) is 10.5 Å². The molecule has 1 atom stereocenters. The number of nitrogens with two attached hydrogens (primary N) is 1. The van der Waals surface area contributed by atoms with Gasteiger partial charge in [-0.2, -0.15) is 0 Å². The zero-order chi connectivity index (χ0) is 13.6. The number of fused-ring (bicyclic) bond motifs is 2. The van der Waals surface area contributed by atoms with Gasteiger partial charge in [-0.15, -0.1) is 0 Å². The second-order valence-electron chi connectivity index (χ2n) is 5.99. The van der Waals surface area contributed by atoms with Crippen molar-refractivity contribution in [2.24, 2.45) is 5.73 Å². The topological polar surface area (TPSA) is 35.2 Å². The largest absolute Gasteiger partial charge is 0.493 e. The maximum absolute atomic E-state index is 6.79. The normalized spacial score (nSPS) is 23.9. The van der Waals surface area contributed by atoms with Gasteiger partial charge < -0.3 is 10.5 Å². The van der Waals surface area contributed by atoms with Crippen LogP contribution in [0.4, 0.5) is 0 Å². The zero-order valence-electron chi connectivity index (χ0n) is 11.6. The third-order valence-corrected chi connectivity index (χ3v) is 4.72. The number of ether oxygens (including phenoxy) is 1. The molecule has 2 nitrogen and oxygen atoms in total. The summed E-state index contributed by atoms with van der Waals surface area (Å²) in [6, 6.07) is 15.1. The van der Waals surface area contributed by atoms with Gasteiger partial charge in [0.15, 0.2) is 0 Å². The Morgan fingerprint density at radius 3 is 2.60 bits per heavy atom. The third-order valence-electron chi connectivity index (χ3n) is 4.72. The third kappa shape index (κ3) is 1.75. The van der Waals surface area contributed by atoms with Gasteiger partial charge in [-0.05, 0) is 36.0 Å². The van der Waals surface area contributed by atoms with Crippen molar-refractivity contribution in [3.63, 3.8) is 0 Å². The molecule has 0 amide bonds. The van der Waals surface area contributed by atoms with Gasteiger partial charge in [0.05, 0.1) is 6.61 Å². The number of rotatable bonds is 1. The summed E-state index contributed by atoms with van der Waals surface area (Å²) in [5.74, 6) is 1.05. The summed E-state index contributed by atoms with van der Waals surface area (Å²) in [6.45, 7) is 0.791. The number of hydrogen-bond acceptors (Lipinski definition) is 2. The van der Waals surface area contributed by atoms with Crippen molar-refractivity contribution in [2.75, 3.05) is 6.61 Å². The van der Waals surface area contributed by atoms with E-state index in [1.54, 1.807) is 0 Å². The van der Waals surface area contributed by atoms with Crippen LogP contribution in [-0.2, 0) is 24.8 Å². The van der Waals surface area contributed by atoms with Crippen LogP contribution in [0.1, 0.15) is 28.7 Å². The minimum absolute atomic E-state index is 0.288. The summed E-state index contributed by atoms with van der Waals surface area (Å²) in [5, 5.41) is 0. The fourth-order valence-electron chi connectivity index (χ4n) is 3.60. The number of para-hydroxylation sites is 1. The smallest absolute Gasteiger partial charge is 0.127 e. The molecular weight excluding hydrogens is 246 g/mol. The maximum Gasteiger partial charge on any atom is 0.127 e. The highest BCUT2D eigenvalue weighted by Crippen LogP contribution is 2.41. The van der Waals surface area contributed by atoms with Crippen molar-refractivity contribution in [2.45, 2.75) is 31.2 Å². The standard InChI is InChI=1S/C18H19NO/c19-18(10-8-13-4-1-2-5-15(13)12-18)16-7-3-6-14-9-11-20-17(14)16/h1-7H,8-12,19H2. The average Bonchev–Trinajstić information content (AvgIpc) is 2.95. The van der Waals surface area contributed by atoms with E-state index in [1.165, 1.54) is 22.3 Å². The first kappa shape index (κ1) is 12.0. The minimum Gasteiger partial charge on any atom is -0.493 e. The molecule has 2 N–H and O–H groups in total. The van der Waals surface area contributed by atoms with Crippen LogP contribution in [0.25, 0.3) is 0 Å². The zero-order valence-corrected chi connectivity index (χ0v) is 11.6. The van der Waals surface area contributed by atoms with Gasteiger partial charge in [-0.25, -0.2) is 0 Å². The number of hydrogen-bond donors (Lipinski definition) is 1. The van der Waals surface area contributed by atoms with E-state index in [0.717, 1.165) is 38.0 Å². The first-order chi connectivity index (χ1) is 9.76. The van der Waals surface area contributed by atoms with Crippen LogP contribution in [0.5, 0.6) is 5.75 Å². The summed E-state index contributed by atoms with van der Waals surface area (Å²) < 4.78 is 5.86. The summed E-state index contributed by atoms with van der Waals surface area (Å²) in [5.41, 5.74) is 11.8. The summed E-state index contributed by atoms with van der Waals surface area (Å²) in [7, 11) is 0. The highest BCUT2D eigenvalue weighted by molar-refractivity contribution is 5.49. The number of aryl methyl sites for hydroxylation is 1. The lowest BCUT2D eigenvalue weighted by Gasteiger charge is -2.36. The molecule has 20 heavy (non-hydrogen) atoms. The van der Waals surface area contributed by atoms with Crippen molar-refractivity contribution in [1.82, 2.24) is 0 Å². The van der Waals surface area contributed by atoms with E-state index in [2.05, 4.69) is 42.5 Å². The molecule has 2 aliphatic rings. The average molecular weight is 265 g/mol. The van der Waals surface area contributed by atoms with Crippen molar-refractivity contribution in [3.05, 3.63) is 64.7 Å². The maximum atomic E-state index is 6.79. The first-order valence-corrected chi connectivity index (χ1v) is 7.37. The van der Waals surface area contributed by atoms with Crippen LogP contribution in [0.2, 0.25) is 0 Å². The molecule has 0 spiro atoms. The molecule has 0 saturated carbocycles. The summed E-state index contributed by atoms with van der Waals surface area (Å²) in [6.07, 6.45) is 3.96. The second-order valence-corrected chi connectivity index (χ2v) is 5.99. The van der Waals surface area contributed by atoms with Gasteiger partial charge in [0.25, 0.3) is 0 Å². The molecule has 0 fully saturated rings. The molecule has 0 radical (unpaired) electrons. The molecule has 2 heteroatoms. The quantitative estimate of drug-likeness (QED) is 0.860. The minimum atomic E-state index is -0.288. The van der Waals surface area contributed by atoms with Crippen LogP contribution >= 0.6 is 0 Å². The Morgan fingerprint density at radius 1 is 0.900 bits per heavy atom. The Bertz CT molecular complexity index is 664. The summed E-state index contributed by atoms with van der Waals surface area (Å²) in [4.78, 5) is 0. The molecule has 0 bridgehead atoms. The van der Waals surface area contributed by atoms with Crippen LogP contribution in [0.3, 0.4) is 0 Å². The Balaban J connectivity index is 1.78. The molecular formula is C18H19NO. The molecule has 0 saturated heterocycles. The van der Waals surface area contributed by atoms with Crippen molar-refractivity contribution in [3.8, 4) is 5.75 Å². The van der Waals surface area contributed by atoms with Gasteiger partial charge in [0.1, 0.15) is 5.75 Å². The molecule has 4 rings (SSSR count). The molecule has 1 aliphatic carbocycles. The lowest BCUT2D eigenvalue weighted by Crippen LogP contribution is -2.42. The van der Waals surface area contributed by atoms with Gasteiger partial charge in [0.2, 0.25) is 0 Å². The highest BCUT2D eigenvalue weighted by atomic mass is 16.5. The van der Waals surface area contributed by atoms with Crippen LogP contribution < -0.4 is 10.5 Å². The SMILES string of the molecule is NC1(c2cccc3c2OCC3)CCc2ccccc2C1. The van der Waals surface area contributed by atoms with E-state index in [9.17, 15) is 0 Å². The molecule has 1 heterocycles. The summed E-state index contributed by atoms with van der Waals surface area (Å²) >= 11 is 0. The van der Waals surface area contributed by atoms with E-state index < -0.39 is 0 Å². The Kier molecular flexibility index (Phi) is 2.61. The number of benzene rings is 2. The van der Waals surface area contributed by atoms with Gasteiger partial charge in [-0.3, -0.25) is 0 Å². The van der Waals surface area contributed by atoms with E-state index in [1.807, 2.05) is 0 Å². The Labute approximate surface area is 119 Å². The van der Waals surface area contributed by atoms with Crippen molar-refractivity contribution in [1.29, 1.82) is 0 Å². The fraction of sp³-hybridized carbons (Fsp3) is 0.333. The molecule has 1 unspecified atom stereocenters. The fourth-order valence-corrected chi connectivity index (χ4v) is 3.60. The van der Waals surface area contributed by atoms with E-state index >= 15 is 0 Å². The van der Waals surface area contributed by atoms with Gasteiger partial charge >= 0.3 is 0 Å². The van der Waals surface area contributed by atoms with Gasteiger partial charge in [-0.1, -0.05) is 42.5 Å². The monoisotopic (exact) mass is 265 g/mol. The molecule has 2 aromatic carbocycles. The molecule has 2 aromatic rings. The Hall–Kier alpha value is -1.80. The predicted molar refractivity (Wildman–Crippen MR) is 80.0 cm³/mol. The van der Waals surface area contributed by atoms with Crippen molar-refractivity contribution >= 4 is 0 Å². The second kappa shape index (κ2) is 4.35. The molecule has 102 valence electrons. The van der Waals surface area contributed by atoms with Crippen LogP contribution in [0.15, 0.2) is 42.5 Å². The first-order valence-electron chi connectivity index (χ1n) is 7.37. The van der Waals surface area contributed by atoms with E-state index in [0.29, 0.717) is 0 Å². The van der Waals surface area contributed by atoms with E-state index in [-0.39, 0.29) is 5.54 Å². The predicted octanol–water partition coefficient (Wildman–Crippen LogP) is 2.96. The lowest BCUT2D eigenvalue weighted by atomic mass is 9.74. The Morgan fingerprint density at radius 2 is 1.70 bits per heavy atom. The van der Waals surface area contributed by atoms with Crippen LogP contribution in [0, 0.1) is 0 Å². The molecule has 0 aromatic heterocycles.